The SMILES string of the molecule is CN1CCCN(C(=O)c2c(F)cccc2Br)CC1. The van der Waals surface area contributed by atoms with E-state index in [0.29, 0.717) is 17.6 Å². The summed E-state index contributed by atoms with van der Waals surface area (Å²) in [5.41, 5.74) is 0.141. The summed E-state index contributed by atoms with van der Waals surface area (Å²) in [4.78, 5) is 16.3. The summed E-state index contributed by atoms with van der Waals surface area (Å²) in [6.45, 7) is 3.14. The van der Waals surface area contributed by atoms with Gasteiger partial charge in [-0.1, -0.05) is 6.07 Å². The van der Waals surface area contributed by atoms with Crippen molar-refractivity contribution in [2.45, 2.75) is 6.42 Å². The van der Waals surface area contributed by atoms with Gasteiger partial charge in [0.05, 0.1) is 5.56 Å². The molecule has 0 saturated carbocycles. The van der Waals surface area contributed by atoms with Crippen LogP contribution in [0.15, 0.2) is 22.7 Å². The summed E-state index contributed by atoms with van der Waals surface area (Å²) >= 11 is 3.25. The molecule has 1 aliphatic rings. The fraction of sp³-hybridized carbons (Fsp3) is 0.462. The van der Waals surface area contributed by atoms with Crippen LogP contribution in [0.5, 0.6) is 0 Å². The lowest BCUT2D eigenvalue weighted by atomic mass is 10.2. The first-order valence-corrected chi connectivity index (χ1v) is 6.80. The van der Waals surface area contributed by atoms with Crippen molar-refractivity contribution in [3.8, 4) is 0 Å². The number of hydrogen-bond acceptors (Lipinski definition) is 2. The van der Waals surface area contributed by atoms with Crippen LogP contribution in [-0.4, -0.2) is 48.9 Å². The zero-order valence-electron chi connectivity index (χ0n) is 10.3. The van der Waals surface area contributed by atoms with Crippen LogP contribution >= 0.6 is 15.9 Å². The van der Waals surface area contributed by atoms with Gasteiger partial charge in [-0.3, -0.25) is 4.79 Å². The Hall–Kier alpha value is -0.940. The average molecular weight is 315 g/mol. The first-order valence-electron chi connectivity index (χ1n) is 6.01. The van der Waals surface area contributed by atoms with Crippen molar-refractivity contribution in [3.05, 3.63) is 34.1 Å². The quantitative estimate of drug-likeness (QED) is 0.794. The molecule has 1 amide bonds. The highest BCUT2D eigenvalue weighted by Gasteiger charge is 2.23. The molecule has 1 saturated heterocycles. The summed E-state index contributed by atoms with van der Waals surface area (Å²) in [6, 6.07) is 4.61. The molecule has 0 aromatic heterocycles. The molecule has 1 fully saturated rings. The van der Waals surface area contributed by atoms with Crippen LogP contribution in [0.25, 0.3) is 0 Å². The minimum Gasteiger partial charge on any atom is -0.337 e. The van der Waals surface area contributed by atoms with E-state index in [2.05, 4.69) is 20.8 Å². The van der Waals surface area contributed by atoms with E-state index in [9.17, 15) is 9.18 Å². The monoisotopic (exact) mass is 314 g/mol. The molecule has 0 atom stereocenters. The number of carbonyl (C=O) groups excluding carboxylic acids is 1. The van der Waals surface area contributed by atoms with E-state index in [1.54, 1.807) is 17.0 Å². The van der Waals surface area contributed by atoms with Gasteiger partial charge in [0.25, 0.3) is 5.91 Å². The highest BCUT2D eigenvalue weighted by Crippen LogP contribution is 2.21. The normalized spacial score (nSPS) is 17.6. The lowest BCUT2D eigenvalue weighted by molar-refractivity contribution is 0.0757. The highest BCUT2D eigenvalue weighted by molar-refractivity contribution is 9.10. The number of likely N-dealkylation sites (N-methyl/N-ethyl adjacent to an activating group) is 1. The van der Waals surface area contributed by atoms with Gasteiger partial charge in [0, 0.05) is 24.1 Å². The van der Waals surface area contributed by atoms with Crippen LogP contribution in [0.4, 0.5) is 4.39 Å². The van der Waals surface area contributed by atoms with Crippen LogP contribution < -0.4 is 0 Å². The minimum absolute atomic E-state index is 0.141. The summed E-state index contributed by atoms with van der Waals surface area (Å²) in [5.74, 6) is -0.692. The van der Waals surface area contributed by atoms with Crippen LogP contribution in [0.3, 0.4) is 0 Å². The van der Waals surface area contributed by atoms with E-state index in [1.165, 1.54) is 6.07 Å². The van der Waals surface area contributed by atoms with Gasteiger partial charge in [-0.2, -0.15) is 0 Å². The molecule has 0 spiro atoms. The molecule has 1 aromatic carbocycles. The van der Waals surface area contributed by atoms with Crippen LogP contribution in [0, 0.1) is 5.82 Å². The lowest BCUT2D eigenvalue weighted by Gasteiger charge is -2.21. The molecule has 5 heteroatoms. The van der Waals surface area contributed by atoms with E-state index < -0.39 is 5.82 Å². The van der Waals surface area contributed by atoms with Gasteiger partial charge in [-0.05, 0) is 48.1 Å². The van der Waals surface area contributed by atoms with Crippen molar-refractivity contribution in [3.63, 3.8) is 0 Å². The van der Waals surface area contributed by atoms with Gasteiger partial charge in [0.1, 0.15) is 5.82 Å². The molecule has 0 unspecified atom stereocenters. The second kappa shape index (κ2) is 5.80. The Kier molecular flexibility index (Phi) is 4.35. The topological polar surface area (TPSA) is 23.6 Å². The smallest absolute Gasteiger partial charge is 0.258 e. The molecule has 2 rings (SSSR count). The maximum Gasteiger partial charge on any atom is 0.258 e. The summed E-state index contributed by atoms with van der Waals surface area (Å²) in [6.07, 6.45) is 0.925. The Labute approximate surface area is 115 Å². The number of carbonyl (C=O) groups is 1. The van der Waals surface area contributed by atoms with Crippen molar-refractivity contribution in [1.29, 1.82) is 0 Å². The van der Waals surface area contributed by atoms with Gasteiger partial charge in [0.2, 0.25) is 0 Å². The molecular formula is C13H16BrFN2O. The molecule has 0 bridgehead atoms. The summed E-state index contributed by atoms with van der Waals surface area (Å²) < 4.78 is 14.3. The Balaban J connectivity index is 2.20. The van der Waals surface area contributed by atoms with Crippen molar-refractivity contribution in [2.75, 3.05) is 33.2 Å². The predicted octanol–water partition coefficient (Wildman–Crippen LogP) is 2.37. The predicted molar refractivity (Wildman–Crippen MR) is 72.1 cm³/mol. The van der Waals surface area contributed by atoms with Crippen molar-refractivity contribution in [1.82, 2.24) is 9.80 Å². The van der Waals surface area contributed by atoms with Crippen LogP contribution in [-0.2, 0) is 0 Å². The van der Waals surface area contributed by atoms with Gasteiger partial charge in [-0.25, -0.2) is 4.39 Å². The molecule has 98 valence electrons. The van der Waals surface area contributed by atoms with Gasteiger partial charge in [0.15, 0.2) is 0 Å². The fourth-order valence-corrected chi connectivity index (χ4v) is 2.62. The van der Waals surface area contributed by atoms with Crippen LogP contribution in [0.2, 0.25) is 0 Å². The molecule has 0 aliphatic carbocycles. The number of halogens is 2. The van der Waals surface area contributed by atoms with Gasteiger partial charge < -0.3 is 9.80 Å². The zero-order chi connectivity index (χ0) is 13.1. The summed E-state index contributed by atoms with van der Waals surface area (Å²) in [7, 11) is 2.03. The standard InChI is InChI=1S/C13H16BrFN2O/c1-16-6-3-7-17(9-8-16)13(18)12-10(14)4-2-5-11(12)15/h2,4-5H,3,6-9H2,1H3. The van der Waals surface area contributed by atoms with E-state index in [1.807, 2.05) is 7.05 Å². The second-order valence-electron chi connectivity index (χ2n) is 4.55. The third kappa shape index (κ3) is 2.90. The Morgan fingerprint density at radius 1 is 1.28 bits per heavy atom. The molecule has 18 heavy (non-hydrogen) atoms. The number of nitrogens with zero attached hydrogens (tertiary/aromatic N) is 2. The Morgan fingerprint density at radius 3 is 2.78 bits per heavy atom. The summed E-state index contributed by atoms with van der Waals surface area (Å²) in [5, 5.41) is 0. The first kappa shape index (κ1) is 13.5. The molecule has 3 nitrogen and oxygen atoms in total. The molecule has 1 aliphatic heterocycles. The van der Waals surface area contributed by atoms with Crippen LogP contribution in [0.1, 0.15) is 16.8 Å². The number of amides is 1. The maximum atomic E-state index is 13.7. The number of hydrogen-bond donors (Lipinski definition) is 0. The molecule has 1 heterocycles. The van der Waals surface area contributed by atoms with Gasteiger partial charge >= 0.3 is 0 Å². The number of benzene rings is 1. The molecule has 1 aromatic rings. The first-order chi connectivity index (χ1) is 8.59. The van der Waals surface area contributed by atoms with E-state index in [-0.39, 0.29) is 11.5 Å². The van der Waals surface area contributed by atoms with Crippen molar-refractivity contribution >= 4 is 21.8 Å². The van der Waals surface area contributed by atoms with Crippen molar-refractivity contribution < 1.29 is 9.18 Å². The molecule has 0 radical (unpaired) electrons. The minimum atomic E-state index is -0.466. The van der Waals surface area contributed by atoms with Gasteiger partial charge in [-0.15, -0.1) is 0 Å². The van der Waals surface area contributed by atoms with E-state index in [0.717, 1.165) is 19.5 Å². The van der Waals surface area contributed by atoms with Crippen molar-refractivity contribution in [2.24, 2.45) is 0 Å². The third-order valence-corrected chi connectivity index (χ3v) is 3.84. The average Bonchev–Trinajstić information content (AvgIpc) is 2.53. The lowest BCUT2D eigenvalue weighted by Crippen LogP contribution is -2.35. The van der Waals surface area contributed by atoms with E-state index in [4.69, 9.17) is 0 Å². The Bertz CT molecular complexity index is 432. The zero-order valence-corrected chi connectivity index (χ0v) is 11.9. The molecule has 0 N–H and O–H groups in total. The fourth-order valence-electron chi connectivity index (χ4n) is 2.11. The Morgan fingerprint density at radius 2 is 2.06 bits per heavy atom. The number of rotatable bonds is 1. The molecular weight excluding hydrogens is 299 g/mol. The third-order valence-electron chi connectivity index (χ3n) is 3.18. The highest BCUT2D eigenvalue weighted by atomic mass is 79.9. The second-order valence-corrected chi connectivity index (χ2v) is 5.40. The maximum absolute atomic E-state index is 13.7. The largest absolute Gasteiger partial charge is 0.337 e. The van der Waals surface area contributed by atoms with E-state index >= 15 is 0 Å².